The van der Waals surface area contributed by atoms with Crippen molar-refractivity contribution in [3.05, 3.63) is 33.8 Å². The molecule has 0 heterocycles. The Morgan fingerprint density at radius 2 is 1.88 bits per heavy atom. The summed E-state index contributed by atoms with van der Waals surface area (Å²) in [7, 11) is -1.68. The lowest BCUT2D eigenvalue weighted by atomic mass is 9.85. The van der Waals surface area contributed by atoms with E-state index in [1.165, 1.54) is 0 Å². The first-order chi connectivity index (χ1) is 11.9. The molecule has 0 aliphatic heterocycles. The summed E-state index contributed by atoms with van der Waals surface area (Å²) in [4.78, 5) is 12.2. The molecule has 148 valence electrons. The Balaban J connectivity index is 3.42. The number of halogens is 3. The fourth-order valence-electron chi connectivity index (χ4n) is 2.64. The summed E-state index contributed by atoms with van der Waals surface area (Å²) < 4.78 is 6.21. The van der Waals surface area contributed by atoms with Crippen LogP contribution in [0, 0.1) is 5.41 Å². The minimum absolute atomic E-state index is 0.0239. The van der Waals surface area contributed by atoms with Crippen LogP contribution in [-0.4, -0.2) is 32.0 Å². The van der Waals surface area contributed by atoms with E-state index in [2.05, 4.69) is 26.1 Å². The van der Waals surface area contributed by atoms with Crippen LogP contribution in [-0.2, 0) is 14.9 Å². The van der Waals surface area contributed by atoms with E-state index in [4.69, 9.17) is 39.2 Å². The average Bonchev–Trinajstić information content (AvgIpc) is 2.53. The molecule has 4 nitrogen and oxygen atoms in total. The summed E-state index contributed by atoms with van der Waals surface area (Å²) in [6, 6.07) is 4.96. The number of benzene rings is 1. The van der Waals surface area contributed by atoms with Gasteiger partial charge in [0.25, 0.3) is 0 Å². The Bertz CT molecular complexity index is 622. The van der Waals surface area contributed by atoms with Gasteiger partial charge in [-0.15, -0.1) is 11.6 Å². The Labute approximate surface area is 172 Å². The normalized spacial score (nSPS) is 15.6. The maximum atomic E-state index is 12.2. The van der Waals surface area contributed by atoms with Gasteiger partial charge in [0.2, 0.25) is 5.91 Å². The van der Waals surface area contributed by atoms with Crippen LogP contribution in [0.3, 0.4) is 0 Å². The highest BCUT2D eigenvalue weighted by Gasteiger charge is 2.43. The van der Waals surface area contributed by atoms with Gasteiger partial charge in [-0.3, -0.25) is 4.79 Å². The number of alkyl halides is 1. The molecular weight excluding hydrogens is 413 g/mol. The number of nitrogens with one attached hydrogen (secondary N) is 1. The van der Waals surface area contributed by atoms with E-state index in [1.54, 1.807) is 18.2 Å². The molecule has 2 N–H and O–H groups in total. The maximum Gasteiger partial charge on any atom is 0.237 e. The molecule has 2 atom stereocenters. The van der Waals surface area contributed by atoms with Crippen molar-refractivity contribution in [3.8, 4) is 0 Å². The number of hydrogen-bond acceptors (Lipinski definition) is 3. The largest absolute Gasteiger partial charge is 0.393 e. The van der Waals surface area contributed by atoms with E-state index in [-0.39, 0.29) is 11.3 Å². The number of rotatable bonds is 8. The van der Waals surface area contributed by atoms with Crippen molar-refractivity contribution in [3.63, 3.8) is 0 Å². The Morgan fingerprint density at radius 3 is 2.35 bits per heavy atom. The zero-order chi connectivity index (χ0) is 20.1. The number of hydrogen-bond donors (Lipinski definition) is 2. The van der Waals surface area contributed by atoms with Crippen molar-refractivity contribution in [1.29, 1.82) is 0 Å². The molecule has 0 bridgehead atoms. The number of amides is 1. The second-order valence-corrected chi connectivity index (χ2v) is 11.2. The number of carbonyl (C=O) groups excluding carboxylic acids is 1. The van der Waals surface area contributed by atoms with Crippen molar-refractivity contribution >= 4 is 49.8 Å². The van der Waals surface area contributed by atoms with E-state index in [0.717, 1.165) is 6.42 Å². The van der Waals surface area contributed by atoms with E-state index in [1.807, 2.05) is 13.1 Å². The molecule has 0 aliphatic rings. The Kier molecular flexibility index (Phi) is 8.91. The van der Waals surface area contributed by atoms with Crippen LogP contribution >= 0.6 is 34.8 Å². The van der Waals surface area contributed by atoms with Crippen LogP contribution in [0.1, 0.15) is 39.2 Å². The molecule has 0 saturated heterocycles. The van der Waals surface area contributed by atoms with Gasteiger partial charge in [0.15, 0.2) is 14.8 Å². The standard InChI is InChI=1S/C18H28Cl3NO3Si/c1-17(2,3)9-8-15(23)18(25-26(4)5,22-16(24)11-19)12-6-7-13(20)14(21)10-12/h6-7,10,15,23,26H,8-9,11H2,1-5H3,(H,22,24)/t15-,18?/m1/s1. The third kappa shape index (κ3) is 6.70. The molecule has 26 heavy (non-hydrogen) atoms. The molecule has 0 radical (unpaired) electrons. The summed E-state index contributed by atoms with van der Waals surface area (Å²) >= 11 is 17.9. The number of aliphatic hydroxyl groups is 1. The lowest BCUT2D eigenvalue weighted by molar-refractivity contribution is -0.137. The monoisotopic (exact) mass is 439 g/mol. The van der Waals surface area contributed by atoms with Crippen LogP contribution in [0.2, 0.25) is 23.1 Å². The first-order valence-corrected chi connectivity index (χ1v) is 12.7. The summed E-state index contributed by atoms with van der Waals surface area (Å²) in [5, 5.41) is 14.6. The highest BCUT2D eigenvalue weighted by atomic mass is 35.5. The molecule has 0 spiro atoms. The van der Waals surface area contributed by atoms with Crippen LogP contribution < -0.4 is 5.32 Å². The van der Waals surface area contributed by atoms with Gasteiger partial charge < -0.3 is 14.8 Å². The summed E-state index contributed by atoms with van der Waals surface area (Å²) in [5.74, 6) is -0.667. The first kappa shape index (κ1) is 23.7. The topological polar surface area (TPSA) is 58.6 Å². The third-order valence-corrected chi connectivity index (χ3v) is 5.68. The molecule has 1 aromatic rings. The van der Waals surface area contributed by atoms with E-state index in [9.17, 15) is 9.90 Å². The van der Waals surface area contributed by atoms with Crippen molar-refractivity contribution in [2.24, 2.45) is 5.41 Å². The minimum atomic E-state index is -1.68. The minimum Gasteiger partial charge on any atom is -0.393 e. The Hall–Kier alpha value is -0.303. The van der Waals surface area contributed by atoms with Gasteiger partial charge in [-0.2, -0.15) is 0 Å². The highest BCUT2D eigenvalue weighted by molar-refractivity contribution is 6.48. The third-order valence-electron chi connectivity index (χ3n) is 3.85. The van der Waals surface area contributed by atoms with Gasteiger partial charge in [-0.05, 0) is 43.5 Å². The predicted molar refractivity (Wildman–Crippen MR) is 112 cm³/mol. The fourth-order valence-corrected chi connectivity index (χ4v) is 4.10. The summed E-state index contributed by atoms with van der Waals surface area (Å²) in [6.07, 6.45) is 0.214. The van der Waals surface area contributed by atoms with Crippen LogP contribution in [0.4, 0.5) is 0 Å². The number of carbonyl (C=O) groups is 1. The van der Waals surface area contributed by atoms with Crippen molar-refractivity contribution in [2.75, 3.05) is 5.88 Å². The van der Waals surface area contributed by atoms with Gasteiger partial charge in [0, 0.05) is 5.56 Å². The van der Waals surface area contributed by atoms with Gasteiger partial charge in [0.1, 0.15) is 12.0 Å². The Morgan fingerprint density at radius 1 is 1.27 bits per heavy atom. The quantitative estimate of drug-likeness (QED) is 0.350. The van der Waals surface area contributed by atoms with Crippen molar-refractivity contribution in [1.82, 2.24) is 5.32 Å². The van der Waals surface area contributed by atoms with Crippen LogP contribution in [0.15, 0.2) is 18.2 Å². The van der Waals surface area contributed by atoms with E-state index < -0.39 is 26.8 Å². The number of aliphatic hydroxyl groups excluding tert-OH is 1. The SMILES string of the molecule is C[SiH](C)OC(NC(=O)CCl)(c1ccc(Cl)c(Cl)c1)[C@H](O)CCC(C)(C)C. The van der Waals surface area contributed by atoms with Crippen LogP contribution in [0.5, 0.6) is 0 Å². The zero-order valence-corrected chi connectivity index (χ0v) is 19.3. The van der Waals surface area contributed by atoms with Gasteiger partial charge in [-0.25, -0.2) is 0 Å². The molecule has 1 aromatic carbocycles. The molecule has 1 rings (SSSR count). The second kappa shape index (κ2) is 9.76. The zero-order valence-electron chi connectivity index (χ0n) is 15.9. The van der Waals surface area contributed by atoms with E-state index >= 15 is 0 Å². The molecule has 1 amide bonds. The molecule has 0 aliphatic carbocycles. The molecule has 8 heteroatoms. The highest BCUT2D eigenvalue weighted by Crippen LogP contribution is 2.36. The second-order valence-electron chi connectivity index (χ2n) is 7.83. The van der Waals surface area contributed by atoms with Gasteiger partial charge >= 0.3 is 0 Å². The lowest BCUT2D eigenvalue weighted by Gasteiger charge is -2.41. The fraction of sp³-hybridized carbons (Fsp3) is 0.611. The van der Waals surface area contributed by atoms with Gasteiger partial charge in [-0.1, -0.05) is 50.0 Å². The van der Waals surface area contributed by atoms with Crippen molar-refractivity contribution < 1.29 is 14.3 Å². The molecular formula is C18H28Cl3NO3Si. The molecule has 0 saturated carbocycles. The molecule has 0 aromatic heterocycles. The smallest absolute Gasteiger partial charge is 0.237 e. The van der Waals surface area contributed by atoms with Gasteiger partial charge in [0.05, 0.1) is 10.0 Å². The van der Waals surface area contributed by atoms with Crippen LogP contribution in [0.25, 0.3) is 0 Å². The first-order valence-electron chi connectivity index (χ1n) is 8.59. The summed E-state index contributed by atoms with van der Waals surface area (Å²) in [5.41, 5.74) is -0.838. The maximum absolute atomic E-state index is 12.2. The summed E-state index contributed by atoms with van der Waals surface area (Å²) in [6.45, 7) is 10.2. The van der Waals surface area contributed by atoms with E-state index in [0.29, 0.717) is 22.0 Å². The molecule has 0 fully saturated rings. The lowest BCUT2D eigenvalue weighted by Crippen LogP contribution is -2.58. The average molecular weight is 441 g/mol. The predicted octanol–water partition coefficient (Wildman–Crippen LogP) is 4.69. The molecule has 1 unspecified atom stereocenters. The van der Waals surface area contributed by atoms with Crippen molar-refractivity contribution in [2.45, 2.75) is 58.5 Å².